The number of unbranched alkanes of at least 4 members (excludes halogenated alkanes) is 16. The Morgan fingerprint density at radius 2 is 1.17 bits per heavy atom. The molecule has 0 aliphatic carbocycles. The molecule has 13 heteroatoms. The molecule has 0 spiro atoms. The first-order valence-electron chi connectivity index (χ1n) is 19.9. The predicted octanol–water partition coefficient (Wildman–Crippen LogP) is 6.89. The molecule has 304 valence electrons. The summed E-state index contributed by atoms with van der Waals surface area (Å²) < 4.78 is 53.6. The van der Waals surface area contributed by atoms with E-state index in [2.05, 4.69) is 32.1 Å². The summed E-state index contributed by atoms with van der Waals surface area (Å²) >= 11 is 0. The van der Waals surface area contributed by atoms with Gasteiger partial charge in [-0.05, 0) is 38.5 Å². The molecule has 4 N–H and O–H groups in total. The van der Waals surface area contributed by atoms with Crippen molar-refractivity contribution in [2.75, 3.05) is 19.0 Å². The van der Waals surface area contributed by atoms with Gasteiger partial charge < -0.3 is 34.3 Å². The largest absolute Gasteiger partial charge is 0.462 e. The fourth-order valence-electron chi connectivity index (χ4n) is 5.89. The Morgan fingerprint density at radius 1 is 0.654 bits per heavy atom. The second kappa shape index (κ2) is 30.5. The number of ether oxygens (including phenoxy) is 4. The minimum absolute atomic E-state index is 0.156. The molecule has 0 radical (unpaired) electrons. The lowest BCUT2D eigenvalue weighted by Crippen LogP contribution is -2.60. The summed E-state index contributed by atoms with van der Waals surface area (Å²) in [7, 11) is -4.60. The number of aliphatic hydroxyl groups is 3. The minimum atomic E-state index is -4.60. The first-order valence-corrected chi connectivity index (χ1v) is 21.5. The van der Waals surface area contributed by atoms with Gasteiger partial charge in [0.2, 0.25) is 0 Å². The molecule has 0 aromatic carbocycles. The van der Waals surface area contributed by atoms with Gasteiger partial charge >= 0.3 is 11.9 Å². The zero-order chi connectivity index (χ0) is 38.5. The predicted molar refractivity (Wildman–Crippen MR) is 201 cm³/mol. The van der Waals surface area contributed by atoms with E-state index in [-0.39, 0.29) is 19.4 Å². The Bertz CT molecular complexity index is 1080. The highest BCUT2D eigenvalue weighted by Gasteiger charge is 2.46. The van der Waals surface area contributed by atoms with Crippen LogP contribution in [-0.2, 0) is 38.7 Å². The molecule has 1 fully saturated rings. The van der Waals surface area contributed by atoms with Crippen molar-refractivity contribution in [1.82, 2.24) is 0 Å². The molecule has 1 aliphatic rings. The molecule has 1 saturated heterocycles. The standard InChI is InChI=1S/C39H70O12S/c1-3-5-7-9-11-12-13-14-15-16-17-18-19-20-22-23-25-27-34(40)48-29-32(50-35(41)28-26-24-21-10-8-6-4-2)30-49-39-38(44)37(43)36(42)33(51-39)31-52(45,46)47/h17-18,20,22,32-33,36-39,42-44H,3-16,19,21,23-31H2,1-2H3,(H,45,46,47)/b18-17+,22-20+/t32-,33-,36-,37?,38?,39+/m1/s1. The van der Waals surface area contributed by atoms with E-state index in [0.29, 0.717) is 19.3 Å². The molecular weight excluding hydrogens is 692 g/mol. The highest BCUT2D eigenvalue weighted by Crippen LogP contribution is 2.24. The van der Waals surface area contributed by atoms with E-state index in [1.807, 2.05) is 6.08 Å². The maximum atomic E-state index is 12.6. The van der Waals surface area contributed by atoms with Crippen molar-refractivity contribution in [3.63, 3.8) is 0 Å². The number of allylic oxidation sites excluding steroid dienone is 4. The average molecular weight is 763 g/mol. The van der Waals surface area contributed by atoms with Crippen LogP contribution in [-0.4, -0.2) is 96.0 Å². The Hall–Kier alpha value is -1.87. The van der Waals surface area contributed by atoms with E-state index in [4.69, 9.17) is 18.9 Å². The van der Waals surface area contributed by atoms with Crippen LogP contribution in [0.5, 0.6) is 0 Å². The van der Waals surface area contributed by atoms with Gasteiger partial charge in [0.1, 0.15) is 36.8 Å². The molecule has 0 saturated carbocycles. The van der Waals surface area contributed by atoms with Crippen LogP contribution in [0.25, 0.3) is 0 Å². The van der Waals surface area contributed by atoms with E-state index in [1.54, 1.807) is 0 Å². The summed E-state index contributed by atoms with van der Waals surface area (Å²) in [4.78, 5) is 25.1. The lowest BCUT2D eigenvalue weighted by molar-refractivity contribution is -0.297. The van der Waals surface area contributed by atoms with E-state index in [0.717, 1.165) is 44.9 Å². The Kier molecular flexibility index (Phi) is 28.2. The number of rotatable bonds is 32. The third-order valence-corrected chi connectivity index (χ3v) is 9.78. The third-order valence-electron chi connectivity index (χ3n) is 9.03. The lowest BCUT2D eigenvalue weighted by atomic mass is 10.00. The van der Waals surface area contributed by atoms with Crippen molar-refractivity contribution in [1.29, 1.82) is 0 Å². The summed E-state index contributed by atoms with van der Waals surface area (Å²) in [6.45, 7) is 3.64. The molecular formula is C39H70O12S. The smallest absolute Gasteiger partial charge is 0.306 e. The van der Waals surface area contributed by atoms with Crippen molar-refractivity contribution >= 4 is 22.1 Å². The van der Waals surface area contributed by atoms with E-state index in [1.165, 1.54) is 64.2 Å². The van der Waals surface area contributed by atoms with Crippen molar-refractivity contribution in [2.45, 2.75) is 192 Å². The summed E-state index contributed by atoms with van der Waals surface area (Å²) in [5.74, 6) is -2.05. The first-order chi connectivity index (χ1) is 25.0. The second-order valence-electron chi connectivity index (χ2n) is 14.0. The van der Waals surface area contributed by atoms with Crippen molar-refractivity contribution in [3.8, 4) is 0 Å². The van der Waals surface area contributed by atoms with Crippen LogP contribution in [0.15, 0.2) is 24.3 Å². The molecule has 0 bridgehead atoms. The molecule has 0 aromatic rings. The zero-order valence-electron chi connectivity index (χ0n) is 31.9. The minimum Gasteiger partial charge on any atom is -0.462 e. The number of aliphatic hydroxyl groups excluding tert-OH is 3. The van der Waals surface area contributed by atoms with Gasteiger partial charge in [0, 0.05) is 12.8 Å². The molecule has 1 aliphatic heterocycles. The molecule has 1 heterocycles. The molecule has 52 heavy (non-hydrogen) atoms. The Morgan fingerprint density at radius 3 is 1.75 bits per heavy atom. The van der Waals surface area contributed by atoms with Gasteiger partial charge in [-0.3, -0.25) is 14.1 Å². The van der Waals surface area contributed by atoms with Crippen molar-refractivity contribution in [3.05, 3.63) is 24.3 Å². The molecule has 1 rings (SSSR count). The van der Waals surface area contributed by atoms with Crippen molar-refractivity contribution in [2.24, 2.45) is 0 Å². The Balaban J connectivity index is 2.47. The van der Waals surface area contributed by atoms with Crippen LogP contribution < -0.4 is 0 Å². The van der Waals surface area contributed by atoms with Crippen LogP contribution in [0.4, 0.5) is 0 Å². The number of carbonyl (C=O) groups is 2. The van der Waals surface area contributed by atoms with Gasteiger partial charge in [0.15, 0.2) is 12.4 Å². The SMILES string of the molecule is CCCCCCCCCCC/C=C/C/C=C/CCCC(=O)OC[C@H](CO[C@H]1O[C@H](CS(=O)(=O)O)[C@@H](O)C(O)C1O)OC(=O)CCCCCCCCC. The van der Waals surface area contributed by atoms with Crippen LogP contribution in [0.1, 0.15) is 155 Å². The van der Waals surface area contributed by atoms with Crippen LogP contribution >= 0.6 is 0 Å². The molecule has 2 unspecified atom stereocenters. The number of carbonyl (C=O) groups excluding carboxylic acids is 2. The van der Waals surface area contributed by atoms with E-state index in [9.17, 15) is 37.9 Å². The van der Waals surface area contributed by atoms with Crippen LogP contribution in [0.3, 0.4) is 0 Å². The third kappa shape index (κ3) is 25.2. The van der Waals surface area contributed by atoms with Gasteiger partial charge in [-0.15, -0.1) is 0 Å². The Labute approximate surface area is 313 Å². The van der Waals surface area contributed by atoms with Crippen LogP contribution in [0, 0.1) is 0 Å². The maximum Gasteiger partial charge on any atom is 0.306 e. The fraction of sp³-hybridized carbons (Fsp3) is 0.846. The first kappa shape index (κ1) is 48.1. The quantitative estimate of drug-likeness (QED) is 0.0241. The summed E-state index contributed by atoms with van der Waals surface area (Å²) in [6.07, 6.45) is 21.4. The normalized spacial score (nSPS) is 21.5. The topological polar surface area (TPSA) is 186 Å². The van der Waals surface area contributed by atoms with Gasteiger partial charge in [-0.25, -0.2) is 0 Å². The number of hydrogen-bond acceptors (Lipinski definition) is 11. The number of hydrogen-bond donors (Lipinski definition) is 4. The zero-order valence-corrected chi connectivity index (χ0v) is 32.7. The monoisotopic (exact) mass is 762 g/mol. The number of esters is 2. The highest BCUT2D eigenvalue weighted by molar-refractivity contribution is 7.85. The van der Waals surface area contributed by atoms with Gasteiger partial charge in [0.25, 0.3) is 10.1 Å². The lowest BCUT2D eigenvalue weighted by Gasteiger charge is -2.40. The highest BCUT2D eigenvalue weighted by atomic mass is 32.2. The maximum absolute atomic E-state index is 12.6. The van der Waals surface area contributed by atoms with Gasteiger partial charge in [-0.2, -0.15) is 8.42 Å². The van der Waals surface area contributed by atoms with E-state index < -0.39 is 71.2 Å². The van der Waals surface area contributed by atoms with Crippen molar-refractivity contribution < 1.29 is 56.8 Å². The summed E-state index contributed by atoms with van der Waals surface area (Å²) in [5.41, 5.74) is 0. The van der Waals surface area contributed by atoms with Gasteiger partial charge in [-0.1, -0.05) is 128 Å². The fourth-order valence-corrected chi connectivity index (χ4v) is 6.58. The average Bonchev–Trinajstić information content (AvgIpc) is 3.10. The van der Waals surface area contributed by atoms with Gasteiger partial charge in [0.05, 0.1) is 6.61 Å². The second-order valence-corrected chi connectivity index (χ2v) is 15.4. The molecule has 6 atom stereocenters. The molecule has 0 aromatic heterocycles. The summed E-state index contributed by atoms with van der Waals surface area (Å²) in [5, 5.41) is 30.7. The van der Waals surface area contributed by atoms with E-state index >= 15 is 0 Å². The van der Waals surface area contributed by atoms with Crippen LogP contribution in [0.2, 0.25) is 0 Å². The summed E-state index contributed by atoms with van der Waals surface area (Å²) in [6, 6.07) is 0. The molecule has 0 amide bonds. The molecule has 12 nitrogen and oxygen atoms in total.